The summed E-state index contributed by atoms with van der Waals surface area (Å²) in [6, 6.07) is 28.9. The van der Waals surface area contributed by atoms with Gasteiger partial charge >= 0.3 is 5.97 Å². The quantitative estimate of drug-likeness (QED) is 0.235. The maximum atomic E-state index is 13.1. The molecule has 1 aliphatic heterocycles. The minimum Gasteiger partial charge on any atom is -0.493 e. The first-order valence-electron chi connectivity index (χ1n) is 12.5. The summed E-state index contributed by atoms with van der Waals surface area (Å²) in [4.78, 5) is 24.7. The molecule has 2 N–H and O–H groups in total. The lowest BCUT2D eigenvalue weighted by atomic mass is 9.93. The zero-order valence-electron chi connectivity index (χ0n) is 20.9. The fourth-order valence-corrected chi connectivity index (χ4v) is 4.58. The van der Waals surface area contributed by atoms with Crippen LogP contribution in [0.5, 0.6) is 23.0 Å². The average molecular weight is 544 g/mol. The number of amides is 1. The van der Waals surface area contributed by atoms with Gasteiger partial charge in [0.05, 0.1) is 17.5 Å². The molecule has 7 nitrogen and oxygen atoms in total. The zero-order valence-corrected chi connectivity index (χ0v) is 21.6. The smallest absolute Gasteiger partial charge is 0.311 e. The second-order valence-electron chi connectivity index (χ2n) is 9.06. The van der Waals surface area contributed by atoms with E-state index in [-0.39, 0.29) is 10.9 Å². The number of aliphatic carboxylic acids is 1. The molecule has 0 spiro atoms. The summed E-state index contributed by atoms with van der Waals surface area (Å²) in [6.07, 6.45) is 0.289. The number of hydrogen-bond donors (Lipinski definition) is 2. The van der Waals surface area contributed by atoms with Crippen LogP contribution in [0.25, 0.3) is 0 Å². The normalized spacial score (nSPS) is 14.8. The number of para-hydroxylation sites is 1. The zero-order chi connectivity index (χ0) is 27.2. The molecule has 0 saturated carbocycles. The third-order valence-electron chi connectivity index (χ3n) is 6.32. The largest absolute Gasteiger partial charge is 0.493 e. The van der Waals surface area contributed by atoms with Crippen molar-refractivity contribution in [1.82, 2.24) is 5.32 Å². The van der Waals surface area contributed by atoms with Gasteiger partial charge in [-0.2, -0.15) is 0 Å². The molecule has 0 aliphatic carbocycles. The first kappa shape index (κ1) is 26.1. The van der Waals surface area contributed by atoms with Crippen LogP contribution in [0.2, 0.25) is 5.02 Å². The molecule has 1 amide bonds. The van der Waals surface area contributed by atoms with Crippen LogP contribution in [-0.2, 0) is 11.2 Å². The van der Waals surface area contributed by atoms with Crippen molar-refractivity contribution in [1.29, 1.82) is 0 Å². The minimum absolute atomic E-state index is 0.272. The van der Waals surface area contributed by atoms with Crippen LogP contribution in [0.1, 0.15) is 33.8 Å². The number of ether oxygens (including phenoxy) is 3. The summed E-state index contributed by atoms with van der Waals surface area (Å²) in [6.45, 7) is 0.300. The van der Waals surface area contributed by atoms with Gasteiger partial charge in [0.1, 0.15) is 23.0 Å². The Morgan fingerprint density at radius 2 is 1.64 bits per heavy atom. The first-order chi connectivity index (χ1) is 19.0. The SMILES string of the molecule is O=C(NC(Cc1ccccc1)Oc1ccccc1)c1ccc(Oc2cc3c(cc2Cl)C(C(=O)O)CCO3)cc1. The molecule has 8 heteroatoms. The predicted molar refractivity (Wildman–Crippen MR) is 147 cm³/mol. The Labute approximate surface area is 230 Å². The predicted octanol–water partition coefficient (Wildman–Crippen LogP) is 6.46. The molecule has 0 radical (unpaired) electrons. The van der Waals surface area contributed by atoms with E-state index in [0.717, 1.165) is 5.56 Å². The Kier molecular flexibility index (Phi) is 7.99. The number of carboxylic acids is 1. The molecule has 5 rings (SSSR count). The van der Waals surface area contributed by atoms with Gasteiger partial charge in [-0.1, -0.05) is 60.1 Å². The molecule has 4 aromatic carbocycles. The Morgan fingerprint density at radius 1 is 0.949 bits per heavy atom. The minimum atomic E-state index is -0.918. The van der Waals surface area contributed by atoms with E-state index in [1.807, 2.05) is 60.7 Å². The molecule has 0 fully saturated rings. The van der Waals surface area contributed by atoms with Gasteiger partial charge in [-0.3, -0.25) is 9.59 Å². The molecule has 0 bridgehead atoms. The standard InChI is InChI=1S/C31H26ClNO6/c32-26-18-25-24(31(35)36)15-16-37-27(25)19-28(26)38-23-13-11-21(12-14-23)30(34)33-29(17-20-7-3-1-4-8-20)39-22-9-5-2-6-10-22/h1-14,18-19,24,29H,15-17H2,(H,33,34)(H,35,36). The van der Waals surface area contributed by atoms with E-state index in [4.69, 9.17) is 25.8 Å². The van der Waals surface area contributed by atoms with Gasteiger partial charge in [-0.15, -0.1) is 0 Å². The van der Waals surface area contributed by atoms with Crippen LogP contribution in [0, 0.1) is 0 Å². The highest BCUT2D eigenvalue weighted by molar-refractivity contribution is 6.32. The van der Waals surface area contributed by atoms with E-state index in [1.54, 1.807) is 36.4 Å². The molecule has 2 unspecified atom stereocenters. The molecule has 198 valence electrons. The summed E-state index contributed by atoms with van der Waals surface area (Å²) in [5.74, 6) is -0.000426. The highest BCUT2D eigenvalue weighted by Gasteiger charge is 2.29. The molecule has 0 aromatic heterocycles. The molecule has 2 atom stereocenters. The summed E-state index contributed by atoms with van der Waals surface area (Å²) in [7, 11) is 0. The highest BCUT2D eigenvalue weighted by atomic mass is 35.5. The van der Waals surface area contributed by atoms with E-state index in [9.17, 15) is 14.7 Å². The van der Waals surface area contributed by atoms with Gasteiger partial charge in [-0.05, 0) is 54.4 Å². The van der Waals surface area contributed by atoms with Crippen LogP contribution >= 0.6 is 11.6 Å². The van der Waals surface area contributed by atoms with Crippen molar-refractivity contribution >= 4 is 23.5 Å². The number of fused-ring (bicyclic) bond motifs is 1. The Bertz CT molecular complexity index is 1400. The fraction of sp³-hybridized carbons (Fsp3) is 0.161. The second-order valence-corrected chi connectivity index (χ2v) is 9.46. The number of halogens is 1. The average Bonchev–Trinajstić information content (AvgIpc) is 2.94. The van der Waals surface area contributed by atoms with Crippen LogP contribution < -0.4 is 19.5 Å². The van der Waals surface area contributed by atoms with Gasteiger partial charge in [0.2, 0.25) is 0 Å². The van der Waals surface area contributed by atoms with Crippen molar-refractivity contribution < 1.29 is 28.9 Å². The van der Waals surface area contributed by atoms with E-state index in [2.05, 4.69) is 5.32 Å². The number of hydrogen-bond acceptors (Lipinski definition) is 5. The van der Waals surface area contributed by atoms with Gasteiger partial charge in [0.25, 0.3) is 5.91 Å². The van der Waals surface area contributed by atoms with Gasteiger partial charge in [-0.25, -0.2) is 0 Å². The van der Waals surface area contributed by atoms with Crippen LogP contribution in [0.3, 0.4) is 0 Å². The summed E-state index contributed by atoms with van der Waals surface area (Å²) < 4.78 is 17.6. The number of rotatable bonds is 9. The topological polar surface area (TPSA) is 94.1 Å². The van der Waals surface area contributed by atoms with E-state index < -0.39 is 18.1 Å². The third-order valence-corrected chi connectivity index (χ3v) is 6.62. The maximum Gasteiger partial charge on any atom is 0.311 e. The first-order valence-corrected chi connectivity index (χ1v) is 12.9. The lowest BCUT2D eigenvalue weighted by molar-refractivity contribution is -0.139. The monoisotopic (exact) mass is 543 g/mol. The van der Waals surface area contributed by atoms with Gasteiger partial charge in [0, 0.05) is 23.6 Å². The molecule has 39 heavy (non-hydrogen) atoms. The van der Waals surface area contributed by atoms with Gasteiger partial charge in [0.15, 0.2) is 6.23 Å². The summed E-state index contributed by atoms with van der Waals surface area (Å²) in [5, 5.41) is 12.7. The Hall–Kier alpha value is -4.49. The van der Waals surface area contributed by atoms with Crippen molar-refractivity contribution in [2.24, 2.45) is 0 Å². The summed E-state index contributed by atoms with van der Waals surface area (Å²) >= 11 is 6.40. The third kappa shape index (κ3) is 6.51. The fourth-order valence-electron chi connectivity index (χ4n) is 4.37. The molecule has 1 aliphatic rings. The number of carbonyl (C=O) groups is 2. The summed E-state index contributed by atoms with van der Waals surface area (Å²) in [5.41, 5.74) is 1.99. The Morgan fingerprint density at radius 3 is 2.33 bits per heavy atom. The molecule has 1 heterocycles. The Balaban J connectivity index is 1.28. The maximum absolute atomic E-state index is 13.1. The molecule has 4 aromatic rings. The van der Waals surface area contributed by atoms with E-state index >= 15 is 0 Å². The number of carboxylic acid groups (broad SMARTS) is 1. The highest BCUT2D eigenvalue weighted by Crippen LogP contribution is 2.41. The second kappa shape index (κ2) is 11.9. The van der Waals surface area contributed by atoms with Crippen molar-refractivity contribution in [3.05, 3.63) is 119 Å². The van der Waals surface area contributed by atoms with Crippen molar-refractivity contribution in [3.63, 3.8) is 0 Å². The van der Waals surface area contributed by atoms with Crippen LogP contribution in [-0.4, -0.2) is 29.8 Å². The van der Waals surface area contributed by atoms with Crippen molar-refractivity contribution in [2.45, 2.75) is 25.0 Å². The van der Waals surface area contributed by atoms with E-state index in [1.165, 1.54) is 0 Å². The number of benzene rings is 4. The number of carbonyl (C=O) groups excluding carboxylic acids is 1. The lowest BCUT2D eigenvalue weighted by Crippen LogP contribution is -2.40. The number of nitrogens with one attached hydrogen (secondary N) is 1. The van der Waals surface area contributed by atoms with Crippen LogP contribution in [0.15, 0.2) is 97.1 Å². The van der Waals surface area contributed by atoms with Crippen LogP contribution in [0.4, 0.5) is 0 Å². The van der Waals surface area contributed by atoms with Crippen molar-refractivity contribution in [3.8, 4) is 23.0 Å². The molecular weight excluding hydrogens is 518 g/mol. The van der Waals surface area contributed by atoms with Gasteiger partial charge < -0.3 is 24.6 Å². The van der Waals surface area contributed by atoms with Crippen molar-refractivity contribution in [2.75, 3.05) is 6.61 Å². The lowest BCUT2D eigenvalue weighted by Gasteiger charge is -2.24. The van der Waals surface area contributed by atoms with E-state index in [0.29, 0.717) is 53.6 Å². The molecule has 0 saturated heterocycles. The molecular formula is C31H26ClNO6.